The third-order valence-electron chi connectivity index (χ3n) is 1.54. The highest BCUT2D eigenvalue weighted by Gasteiger charge is 2.13. The summed E-state index contributed by atoms with van der Waals surface area (Å²) in [5.74, 6) is 0. The van der Waals surface area contributed by atoms with E-state index in [1.807, 2.05) is 13.8 Å². The van der Waals surface area contributed by atoms with Crippen molar-refractivity contribution in [3.63, 3.8) is 0 Å². The highest BCUT2D eigenvalue weighted by molar-refractivity contribution is 4.68. The Balaban J connectivity index is 0.000000371. The molecular weight excluding hydrogens is 126 g/mol. The van der Waals surface area contributed by atoms with Gasteiger partial charge in [0.1, 0.15) is 0 Å². The van der Waals surface area contributed by atoms with Gasteiger partial charge in [0, 0.05) is 6.04 Å². The van der Waals surface area contributed by atoms with Gasteiger partial charge in [-0.1, -0.05) is 13.8 Å². The molecule has 0 aliphatic carbocycles. The minimum atomic E-state index is 0.297. The van der Waals surface area contributed by atoms with Gasteiger partial charge in [-0.05, 0) is 19.8 Å². The summed E-state index contributed by atoms with van der Waals surface area (Å²) < 4.78 is 5.27. The van der Waals surface area contributed by atoms with E-state index in [-0.39, 0.29) is 0 Å². The smallest absolute Gasteiger partial charge is 0.0621 e. The summed E-state index contributed by atoms with van der Waals surface area (Å²) in [6.45, 7) is 6.84. The van der Waals surface area contributed by atoms with Crippen molar-refractivity contribution in [1.29, 1.82) is 0 Å². The monoisotopic (exact) mass is 145 g/mol. The van der Waals surface area contributed by atoms with Gasteiger partial charge in [-0.2, -0.15) is 0 Å². The first kappa shape index (κ1) is 9.92. The lowest BCUT2D eigenvalue weighted by Gasteiger charge is -2.23. The minimum absolute atomic E-state index is 0.297. The Bertz CT molecular complexity index is 57.7. The van der Waals surface area contributed by atoms with E-state index < -0.39 is 0 Å². The molecule has 2 nitrogen and oxygen atoms in total. The molecule has 0 aromatic carbocycles. The van der Waals surface area contributed by atoms with Crippen LogP contribution in [-0.2, 0) is 4.74 Å². The van der Waals surface area contributed by atoms with Gasteiger partial charge in [0.05, 0.1) is 12.7 Å². The van der Waals surface area contributed by atoms with Crippen LogP contribution in [-0.4, -0.2) is 18.8 Å². The Kier molecular flexibility index (Phi) is 5.64. The van der Waals surface area contributed by atoms with Gasteiger partial charge in [0.25, 0.3) is 0 Å². The Hall–Kier alpha value is -0.0800. The van der Waals surface area contributed by atoms with E-state index in [1.54, 1.807) is 0 Å². The van der Waals surface area contributed by atoms with Gasteiger partial charge in [-0.25, -0.2) is 0 Å². The van der Waals surface area contributed by atoms with Crippen LogP contribution in [0.5, 0.6) is 0 Å². The first-order valence-corrected chi connectivity index (χ1v) is 4.16. The molecule has 0 aromatic rings. The molecule has 1 rings (SSSR count). The first-order chi connectivity index (χ1) is 4.79. The maximum atomic E-state index is 5.57. The zero-order chi connectivity index (χ0) is 7.98. The molecule has 0 spiro atoms. The second kappa shape index (κ2) is 5.69. The number of hydrogen-bond donors (Lipinski definition) is 1. The first-order valence-electron chi connectivity index (χ1n) is 4.16. The molecule has 1 aliphatic heterocycles. The second-order valence-electron chi connectivity index (χ2n) is 2.48. The van der Waals surface area contributed by atoms with Gasteiger partial charge < -0.3 is 10.5 Å². The average Bonchev–Trinajstić information content (AvgIpc) is 2.00. The van der Waals surface area contributed by atoms with Crippen LogP contribution in [0.4, 0.5) is 0 Å². The van der Waals surface area contributed by atoms with E-state index in [9.17, 15) is 0 Å². The summed E-state index contributed by atoms with van der Waals surface area (Å²) in [5.41, 5.74) is 5.57. The summed E-state index contributed by atoms with van der Waals surface area (Å²) in [4.78, 5) is 0. The van der Waals surface area contributed by atoms with Crippen molar-refractivity contribution in [3.05, 3.63) is 0 Å². The molecule has 0 radical (unpaired) electrons. The predicted octanol–water partition coefficient (Wildman–Crippen LogP) is 1.54. The molecule has 2 N–H and O–H groups in total. The van der Waals surface area contributed by atoms with Crippen LogP contribution in [0.2, 0.25) is 0 Å². The molecule has 1 heterocycles. The Labute approximate surface area is 63.7 Å². The normalized spacial score (nSPS) is 32.4. The fourth-order valence-corrected chi connectivity index (χ4v) is 0.903. The Morgan fingerprint density at radius 3 is 2.20 bits per heavy atom. The van der Waals surface area contributed by atoms with E-state index in [2.05, 4.69) is 6.92 Å². The minimum Gasteiger partial charge on any atom is -0.377 e. The molecule has 0 amide bonds. The van der Waals surface area contributed by atoms with Crippen molar-refractivity contribution in [1.82, 2.24) is 0 Å². The van der Waals surface area contributed by atoms with E-state index in [0.29, 0.717) is 12.1 Å². The van der Waals surface area contributed by atoms with E-state index in [0.717, 1.165) is 19.4 Å². The average molecular weight is 145 g/mol. The van der Waals surface area contributed by atoms with Gasteiger partial charge >= 0.3 is 0 Å². The van der Waals surface area contributed by atoms with E-state index >= 15 is 0 Å². The molecule has 62 valence electrons. The quantitative estimate of drug-likeness (QED) is 0.561. The summed E-state index contributed by atoms with van der Waals surface area (Å²) in [6.07, 6.45) is 2.69. The molecule has 0 bridgehead atoms. The zero-order valence-electron chi connectivity index (χ0n) is 7.26. The van der Waals surface area contributed by atoms with Crippen LogP contribution < -0.4 is 5.73 Å². The maximum Gasteiger partial charge on any atom is 0.0621 e. The van der Waals surface area contributed by atoms with Crippen LogP contribution in [0.1, 0.15) is 33.6 Å². The summed E-state index contributed by atoms with van der Waals surface area (Å²) in [5, 5.41) is 0. The standard InChI is InChI=1S/C6H13NO.C2H6/c1-5-2-3-6(7)4-8-5;1-2/h5-6H,2-4,7H2,1H3;1-2H3. The highest BCUT2D eigenvalue weighted by atomic mass is 16.5. The molecule has 2 atom stereocenters. The van der Waals surface area contributed by atoms with Gasteiger partial charge in [0.15, 0.2) is 0 Å². The van der Waals surface area contributed by atoms with Crippen LogP contribution in [0.25, 0.3) is 0 Å². The lowest BCUT2D eigenvalue weighted by molar-refractivity contribution is 0.0172. The fraction of sp³-hybridized carbons (Fsp3) is 1.00. The lowest BCUT2D eigenvalue weighted by Crippen LogP contribution is -2.34. The molecule has 1 fully saturated rings. The topological polar surface area (TPSA) is 35.2 Å². The number of rotatable bonds is 0. The molecule has 2 heteroatoms. The summed E-state index contributed by atoms with van der Waals surface area (Å²) in [6, 6.07) is 0.297. The van der Waals surface area contributed by atoms with E-state index in [1.165, 1.54) is 0 Å². The lowest BCUT2D eigenvalue weighted by atomic mass is 10.1. The van der Waals surface area contributed by atoms with Crippen molar-refractivity contribution in [2.45, 2.75) is 45.8 Å². The molecule has 0 aromatic heterocycles. The Morgan fingerprint density at radius 1 is 1.30 bits per heavy atom. The van der Waals surface area contributed by atoms with Crippen molar-refractivity contribution >= 4 is 0 Å². The van der Waals surface area contributed by atoms with Crippen molar-refractivity contribution in [2.24, 2.45) is 5.73 Å². The zero-order valence-corrected chi connectivity index (χ0v) is 7.26. The largest absolute Gasteiger partial charge is 0.377 e. The predicted molar refractivity (Wildman–Crippen MR) is 44.0 cm³/mol. The SMILES string of the molecule is CC.CC1CCC(N)CO1. The van der Waals surface area contributed by atoms with Crippen LogP contribution in [0, 0.1) is 0 Å². The Morgan fingerprint density at radius 2 is 1.90 bits per heavy atom. The third-order valence-corrected chi connectivity index (χ3v) is 1.54. The molecule has 1 saturated heterocycles. The van der Waals surface area contributed by atoms with Gasteiger partial charge in [-0.15, -0.1) is 0 Å². The maximum absolute atomic E-state index is 5.57. The van der Waals surface area contributed by atoms with Crippen molar-refractivity contribution in [2.75, 3.05) is 6.61 Å². The molecular formula is C8H19NO. The number of nitrogens with two attached hydrogens (primary N) is 1. The summed E-state index contributed by atoms with van der Waals surface area (Å²) in [7, 11) is 0. The van der Waals surface area contributed by atoms with E-state index in [4.69, 9.17) is 10.5 Å². The van der Waals surface area contributed by atoms with Gasteiger partial charge in [-0.3, -0.25) is 0 Å². The second-order valence-corrected chi connectivity index (χ2v) is 2.48. The number of ether oxygens (including phenoxy) is 1. The molecule has 10 heavy (non-hydrogen) atoms. The van der Waals surface area contributed by atoms with Crippen LogP contribution >= 0.6 is 0 Å². The summed E-state index contributed by atoms with van der Waals surface area (Å²) >= 11 is 0. The van der Waals surface area contributed by atoms with Crippen LogP contribution in [0.15, 0.2) is 0 Å². The van der Waals surface area contributed by atoms with Crippen molar-refractivity contribution in [3.8, 4) is 0 Å². The highest BCUT2D eigenvalue weighted by Crippen LogP contribution is 2.10. The van der Waals surface area contributed by atoms with Crippen molar-refractivity contribution < 1.29 is 4.74 Å². The number of hydrogen-bond acceptors (Lipinski definition) is 2. The molecule has 0 saturated carbocycles. The molecule has 2 unspecified atom stereocenters. The van der Waals surface area contributed by atoms with Crippen LogP contribution in [0.3, 0.4) is 0 Å². The van der Waals surface area contributed by atoms with Gasteiger partial charge in [0.2, 0.25) is 0 Å². The third kappa shape index (κ3) is 3.85. The fourth-order valence-electron chi connectivity index (χ4n) is 0.903. The molecule has 1 aliphatic rings.